The molecule has 1 heterocycles. The van der Waals surface area contributed by atoms with Crippen LogP contribution in [0, 0.1) is 10.1 Å². The summed E-state index contributed by atoms with van der Waals surface area (Å²) in [6.07, 6.45) is 0.992. The molecule has 1 fully saturated rings. The van der Waals surface area contributed by atoms with Crippen molar-refractivity contribution in [1.82, 2.24) is 10.2 Å². The van der Waals surface area contributed by atoms with Crippen LogP contribution in [0.25, 0.3) is 0 Å². The van der Waals surface area contributed by atoms with Gasteiger partial charge in [0.2, 0.25) is 5.91 Å². The van der Waals surface area contributed by atoms with Gasteiger partial charge in [-0.2, -0.15) is 0 Å². The number of carbonyl (C=O) groups is 1. The average Bonchev–Trinajstić information content (AvgIpc) is 2.74. The average molecular weight is 398 g/mol. The molecule has 154 valence electrons. The lowest BCUT2D eigenvalue weighted by Gasteiger charge is -2.36. The quantitative estimate of drug-likeness (QED) is 0.550. The fourth-order valence-electron chi connectivity index (χ4n) is 3.51. The second kappa shape index (κ2) is 9.49. The number of nitro benzene ring substituents is 1. The second-order valence-corrected chi connectivity index (χ2v) is 6.98. The van der Waals surface area contributed by atoms with Crippen molar-refractivity contribution in [2.75, 3.05) is 38.6 Å². The number of aryl methyl sites for hydroxylation is 1. The zero-order chi connectivity index (χ0) is 20.8. The van der Waals surface area contributed by atoms with E-state index in [2.05, 4.69) is 46.7 Å². The van der Waals surface area contributed by atoms with Gasteiger partial charge in [0.05, 0.1) is 30.3 Å². The Labute approximate surface area is 170 Å². The summed E-state index contributed by atoms with van der Waals surface area (Å²) in [5.74, 6) is 0.0776. The van der Waals surface area contributed by atoms with Crippen molar-refractivity contribution in [2.45, 2.75) is 19.4 Å². The number of amides is 1. The van der Waals surface area contributed by atoms with Crippen LogP contribution >= 0.6 is 0 Å². The van der Waals surface area contributed by atoms with E-state index >= 15 is 0 Å². The molecule has 0 aromatic heterocycles. The standard InChI is InChI=1S/C21H26N4O4/c1-3-15-4-6-16(7-5-15)19-13-22-10-11-24(19)14-21(26)23-18-9-8-17(25(27)28)12-20(18)29-2/h4-9,12,19,22H,3,10-11,13-14H2,1-2H3,(H,23,26). The normalized spacial score (nSPS) is 17.0. The van der Waals surface area contributed by atoms with Gasteiger partial charge in [-0.3, -0.25) is 19.8 Å². The van der Waals surface area contributed by atoms with E-state index in [-0.39, 0.29) is 29.9 Å². The number of piperazine rings is 1. The number of rotatable bonds is 7. The Morgan fingerprint density at radius 3 is 2.72 bits per heavy atom. The molecular formula is C21H26N4O4. The third-order valence-electron chi connectivity index (χ3n) is 5.14. The van der Waals surface area contributed by atoms with Crippen molar-refractivity contribution in [3.63, 3.8) is 0 Å². The van der Waals surface area contributed by atoms with Gasteiger partial charge in [-0.25, -0.2) is 0 Å². The van der Waals surface area contributed by atoms with Gasteiger partial charge < -0.3 is 15.4 Å². The second-order valence-electron chi connectivity index (χ2n) is 6.98. The van der Waals surface area contributed by atoms with Gasteiger partial charge >= 0.3 is 0 Å². The summed E-state index contributed by atoms with van der Waals surface area (Å²) in [4.78, 5) is 25.3. The summed E-state index contributed by atoms with van der Waals surface area (Å²) < 4.78 is 5.20. The molecule has 1 aliphatic rings. The van der Waals surface area contributed by atoms with Crippen molar-refractivity contribution in [3.8, 4) is 5.75 Å². The molecule has 1 aliphatic heterocycles. The molecular weight excluding hydrogens is 372 g/mol. The number of methoxy groups -OCH3 is 1. The largest absolute Gasteiger partial charge is 0.494 e. The van der Waals surface area contributed by atoms with E-state index in [1.807, 2.05) is 0 Å². The first-order chi connectivity index (χ1) is 14.0. The lowest BCUT2D eigenvalue weighted by atomic mass is 10.0. The number of hydrogen-bond donors (Lipinski definition) is 2. The third-order valence-corrected chi connectivity index (χ3v) is 5.14. The van der Waals surface area contributed by atoms with Crippen molar-refractivity contribution >= 4 is 17.3 Å². The van der Waals surface area contributed by atoms with Gasteiger partial charge in [0, 0.05) is 31.7 Å². The molecule has 1 amide bonds. The molecule has 29 heavy (non-hydrogen) atoms. The Bertz CT molecular complexity index is 869. The first kappa shape index (κ1) is 20.8. The molecule has 8 heteroatoms. The lowest BCUT2D eigenvalue weighted by molar-refractivity contribution is -0.384. The Morgan fingerprint density at radius 1 is 1.31 bits per heavy atom. The van der Waals surface area contributed by atoms with Gasteiger partial charge in [0.1, 0.15) is 5.75 Å². The highest BCUT2D eigenvalue weighted by Crippen LogP contribution is 2.29. The zero-order valence-corrected chi connectivity index (χ0v) is 16.7. The Morgan fingerprint density at radius 2 is 2.07 bits per heavy atom. The number of carbonyl (C=O) groups excluding carboxylic acids is 1. The highest BCUT2D eigenvalue weighted by Gasteiger charge is 2.26. The summed E-state index contributed by atoms with van der Waals surface area (Å²) in [7, 11) is 1.42. The predicted octanol–water partition coefficient (Wildman–Crippen LogP) is 2.75. The van der Waals surface area contributed by atoms with Crippen molar-refractivity contribution in [2.24, 2.45) is 0 Å². The van der Waals surface area contributed by atoms with E-state index < -0.39 is 4.92 Å². The van der Waals surface area contributed by atoms with Crippen LogP contribution in [0.3, 0.4) is 0 Å². The van der Waals surface area contributed by atoms with E-state index in [4.69, 9.17) is 4.74 Å². The number of ether oxygens (including phenoxy) is 1. The van der Waals surface area contributed by atoms with Crippen LogP contribution in [-0.2, 0) is 11.2 Å². The van der Waals surface area contributed by atoms with Crippen LogP contribution < -0.4 is 15.4 Å². The van der Waals surface area contributed by atoms with Crippen molar-refractivity contribution in [1.29, 1.82) is 0 Å². The number of nitro groups is 1. The highest BCUT2D eigenvalue weighted by molar-refractivity contribution is 5.94. The molecule has 0 saturated carbocycles. The smallest absolute Gasteiger partial charge is 0.273 e. The number of non-ortho nitro benzene ring substituents is 1. The van der Waals surface area contributed by atoms with E-state index in [1.165, 1.54) is 36.4 Å². The molecule has 8 nitrogen and oxygen atoms in total. The summed E-state index contributed by atoms with van der Waals surface area (Å²) >= 11 is 0. The summed E-state index contributed by atoms with van der Waals surface area (Å²) in [5, 5.41) is 17.1. The third kappa shape index (κ3) is 5.10. The number of nitrogens with one attached hydrogen (secondary N) is 2. The Balaban J connectivity index is 1.70. The minimum Gasteiger partial charge on any atom is -0.494 e. The molecule has 0 radical (unpaired) electrons. The number of nitrogens with zero attached hydrogens (tertiary/aromatic N) is 2. The van der Waals surface area contributed by atoms with Crippen LogP contribution in [0.1, 0.15) is 24.1 Å². The summed E-state index contributed by atoms with van der Waals surface area (Å²) in [6.45, 7) is 4.70. The maximum atomic E-state index is 12.7. The molecule has 1 atom stereocenters. The van der Waals surface area contributed by atoms with Gasteiger partial charge in [-0.1, -0.05) is 31.2 Å². The van der Waals surface area contributed by atoms with Crippen LogP contribution in [0.5, 0.6) is 5.75 Å². The van der Waals surface area contributed by atoms with E-state index in [0.717, 1.165) is 26.1 Å². The van der Waals surface area contributed by atoms with Crippen LogP contribution in [0.4, 0.5) is 11.4 Å². The monoisotopic (exact) mass is 398 g/mol. The fraction of sp³-hybridized carbons (Fsp3) is 0.381. The highest BCUT2D eigenvalue weighted by atomic mass is 16.6. The Kier molecular flexibility index (Phi) is 6.79. The molecule has 2 aromatic carbocycles. The minimum atomic E-state index is -0.497. The maximum absolute atomic E-state index is 12.7. The fourth-order valence-corrected chi connectivity index (χ4v) is 3.51. The van der Waals surface area contributed by atoms with Gasteiger partial charge in [0.15, 0.2) is 0 Å². The first-order valence-electron chi connectivity index (χ1n) is 9.67. The van der Waals surface area contributed by atoms with Crippen LogP contribution in [-0.4, -0.2) is 49.0 Å². The molecule has 2 aromatic rings. The Hall–Kier alpha value is -2.97. The van der Waals surface area contributed by atoms with E-state index in [9.17, 15) is 14.9 Å². The molecule has 1 saturated heterocycles. The zero-order valence-electron chi connectivity index (χ0n) is 16.7. The van der Waals surface area contributed by atoms with Crippen LogP contribution in [0.2, 0.25) is 0 Å². The molecule has 3 rings (SSSR count). The van der Waals surface area contributed by atoms with E-state index in [1.54, 1.807) is 0 Å². The maximum Gasteiger partial charge on any atom is 0.273 e. The number of benzene rings is 2. The van der Waals surface area contributed by atoms with Crippen molar-refractivity contribution < 1.29 is 14.5 Å². The molecule has 0 bridgehead atoms. The summed E-state index contributed by atoms with van der Waals surface area (Å²) in [6, 6.07) is 12.8. The SMILES string of the molecule is CCc1ccc(C2CNCCN2CC(=O)Nc2ccc([N+](=O)[O-])cc2OC)cc1. The molecule has 0 spiro atoms. The van der Waals surface area contributed by atoms with Gasteiger partial charge in [-0.15, -0.1) is 0 Å². The lowest BCUT2D eigenvalue weighted by Crippen LogP contribution is -2.48. The number of anilines is 1. The summed E-state index contributed by atoms with van der Waals surface area (Å²) in [5.41, 5.74) is 2.79. The molecule has 1 unspecified atom stereocenters. The first-order valence-corrected chi connectivity index (χ1v) is 9.67. The van der Waals surface area contributed by atoms with Crippen LogP contribution in [0.15, 0.2) is 42.5 Å². The molecule has 0 aliphatic carbocycles. The molecule has 2 N–H and O–H groups in total. The minimum absolute atomic E-state index is 0.0856. The van der Waals surface area contributed by atoms with E-state index in [0.29, 0.717) is 5.69 Å². The topological polar surface area (TPSA) is 96.7 Å². The number of hydrogen-bond acceptors (Lipinski definition) is 6. The van der Waals surface area contributed by atoms with Gasteiger partial charge in [0.25, 0.3) is 5.69 Å². The van der Waals surface area contributed by atoms with Gasteiger partial charge in [-0.05, 0) is 23.6 Å². The van der Waals surface area contributed by atoms with Crippen molar-refractivity contribution in [3.05, 3.63) is 63.7 Å². The predicted molar refractivity (Wildman–Crippen MR) is 111 cm³/mol.